The van der Waals surface area contributed by atoms with Gasteiger partial charge in [0.15, 0.2) is 0 Å². The van der Waals surface area contributed by atoms with Gasteiger partial charge in [0.25, 0.3) is 5.69 Å². The summed E-state index contributed by atoms with van der Waals surface area (Å²) < 4.78 is 67.5. The molecule has 15 heteroatoms. The Labute approximate surface area is 191 Å². The summed E-state index contributed by atoms with van der Waals surface area (Å²) in [5.74, 6) is -1.72. The zero-order valence-corrected chi connectivity index (χ0v) is 19.1. The number of nitro benzene ring substituents is 2. The van der Waals surface area contributed by atoms with E-state index >= 15 is 0 Å². The second-order valence-electron chi connectivity index (χ2n) is 6.67. The van der Waals surface area contributed by atoms with E-state index in [0.717, 1.165) is 24.3 Å². The molecule has 0 radical (unpaired) electrons. The summed E-state index contributed by atoms with van der Waals surface area (Å²) in [5, 5.41) is 25.4. The smallest absolute Gasteiger partial charge is 0.416 e. The molecule has 0 aromatic heterocycles. The lowest BCUT2D eigenvalue weighted by Gasteiger charge is -2.24. The van der Waals surface area contributed by atoms with Gasteiger partial charge in [0.1, 0.15) is 17.2 Å². The largest absolute Gasteiger partial charge is 0.450 e. The SMILES string of the molecule is CCOP(=O)(OCC)C(C)Nc1cc(Oc2ccc(C(F)(F)F)cc2[N+](=O)[O-])ccc1[N+](=O)[O-]. The van der Waals surface area contributed by atoms with Crippen LogP contribution in [0.2, 0.25) is 0 Å². The Morgan fingerprint density at radius 1 is 1.00 bits per heavy atom. The third-order valence-electron chi connectivity index (χ3n) is 4.33. The molecule has 2 aromatic carbocycles. The quantitative estimate of drug-likeness (QED) is 0.209. The Balaban J connectivity index is 2.45. The van der Waals surface area contributed by atoms with Crippen molar-refractivity contribution in [2.24, 2.45) is 0 Å². The van der Waals surface area contributed by atoms with E-state index in [1.807, 2.05) is 0 Å². The summed E-state index contributed by atoms with van der Waals surface area (Å²) in [4.78, 5) is 20.9. The molecule has 0 aliphatic rings. The van der Waals surface area contributed by atoms with Gasteiger partial charge in [-0.3, -0.25) is 24.8 Å². The average molecular weight is 507 g/mol. The van der Waals surface area contributed by atoms with E-state index in [0.29, 0.717) is 12.1 Å². The molecule has 2 rings (SSSR count). The lowest BCUT2D eigenvalue weighted by molar-refractivity contribution is -0.385. The van der Waals surface area contributed by atoms with Crippen LogP contribution in [0.3, 0.4) is 0 Å². The zero-order chi connectivity index (χ0) is 25.7. The van der Waals surface area contributed by atoms with Crippen molar-refractivity contribution in [3.8, 4) is 11.5 Å². The van der Waals surface area contributed by atoms with Gasteiger partial charge in [-0.15, -0.1) is 0 Å². The van der Waals surface area contributed by atoms with E-state index in [9.17, 15) is 38.0 Å². The van der Waals surface area contributed by atoms with Crippen LogP contribution in [0.1, 0.15) is 26.3 Å². The van der Waals surface area contributed by atoms with E-state index in [-0.39, 0.29) is 24.7 Å². The summed E-state index contributed by atoms with van der Waals surface area (Å²) >= 11 is 0. The number of nitrogens with zero attached hydrogens (tertiary/aromatic N) is 2. The molecule has 0 spiro atoms. The van der Waals surface area contributed by atoms with Crippen LogP contribution in [0.4, 0.5) is 30.2 Å². The van der Waals surface area contributed by atoms with Gasteiger partial charge in [-0.25, -0.2) is 0 Å². The highest BCUT2D eigenvalue weighted by Crippen LogP contribution is 2.53. The predicted octanol–water partition coefficient (Wildman–Crippen LogP) is 6.34. The third kappa shape index (κ3) is 6.43. The number of hydrogen-bond acceptors (Lipinski definition) is 9. The van der Waals surface area contributed by atoms with Crippen molar-refractivity contribution in [2.45, 2.75) is 32.7 Å². The van der Waals surface area contributed by atoms with E-state index in [2.05, 4.69) is 5.32 Å². The molecule has 34 heavy (non-hydrogen) atoms. The highest BCUT2D eigenvalue weighted by molar-refractivity contribution is 7.54. The molecular weight excluding hydrogens is 486 g/mol. The summed E-state index contributed by atoms with van der Waals surface area (Å²) in [5.41, 5.74) is -2.81. The zero-order valence-electron chi connectivity index (χ0n) is 18.2. The number of halogens is 3. The van der Waals surface area contributed by atoms with Crippen LogP contribution in [-0.4, -0.2) is 28.8 Å². The molecule has 0 fully saturated rings. The van der Waals surface area contributed by atoms with Crippen molar-refractivity contribution in [1.29, 1.82) is 0 Å². The number of nitro groups is 2. The van der Waals surface area contributed by atoms with Crippen LogP contribution in [-0.2, 0) is 19.8 Å². The first-order valence-electron chi connectivity index (χ1n) is 9.79. The maximum absolute atomic E-state index is 12.9. The van der Waals surface area contributed by atoms with Gasteiger partial charge in [-0.1, -0.05) is 0 Å². The standard InChI is InChI=1S/C19H21F3N3O8P/c1-4-31-34(30,32-5-2)12(3)23-15-11-14(7-8-16(15)24(26)27)33-18-9-6-13(19(20,21)22)10-17(18)25(28)29/h6-12,23H,4-5H2,1-3H3. The molecule has 0 saturated heterocycles. The molecular formula is C19H21F3N3O8P. The van der Waals surface area contributed by atoms with E-state index in [1.165, 1.54) is 6.92 Å². The number of nitrogens with one attached hydrogen (secondary N) is 1. The Morgan fingerprint density at radius 2 is 1.59 bits per heavy atom. The minimum atomic E-state index is -4.81. The molecule has 11 nitrogen and oxygen atoms in total. The Hall–Kier alpha value is -3.22. The van der Waals surface area contributed by atoms with Crippen LogP contribution in [0.15, 0.2) is 36.4 Å². The lowest BCUT2D eigenvalue weighted by Crippen LogP contribution is -2.19. The number of ether oxygens (including phenoxy) is 1. The second kappa shape index (κ2) is 10.8. The molecule has 186 valence electrons. The second-order valence-corrected chi connectivity index (χ2v) is 9.04. The molecule has 0 bridgehead atoms. The number of alkyl halides is 3. The average Bonchev–Trinajstić information content (AvgIpc) is 2.73. The van der Waals surface area contributed by atoms with E-state index in [4.69, 9.17) is 13.8 Å². The first-order chi connectivity index (χ1) is 15.8. The first-order valence-corrected chi connectivity index (χ1v) is 11.4. The summed E-state index contributed by atoms with van der Waals surface area (Å²) in [6.07, 6.45) is -4.81. The maximum atomic E-state index is 12.9. The van der Waals surface area contributed by atoms with Gasteiger partial charge < -0.3 is 19.1 Å². The fourth-order valence-electron chi connectivity index (χ4n) is 2.83. The number of rotatable bonds is 11. The fraction of sp³-hybridized carbons (Fsp3) is 0.368. The number of benzene rings is 2. The van der Waals surface area contributed by atoms with Crippen molar-refractivity contribution in [3.63, 3.8) is 0 Å². The number of hydrogen-bond donors (Lipinski definition) is 1. The van der Waals surface area contributed by atoms with E-state index < -0.39 is 52.1 Å². The van der Waals surface area contributed by atoms with Gasteiger partial charge in [0.05, 0.1) is 28.6 Å². The van der Waals surface area contributed by atoms with Gasteiger partial charge in [-0.05, 0) is 39.0 Å². The number of anilines is 1. The van der Waals surface area contributed by atoms with Crippen LogP contribution < -0.4 is 10.1 Å². The first kappa shape index (κ1) is 27.0. The van der Waals surface area contributed by atoms with Crippen LogP contribution in [0.5, 0.6) is 11.5 Å². The lowest BCUT2D eigenvalue weighted by atomic mass is 10.2. The molecule has 0 aliphatic carbocycles. The van der Waals surface area contributed by atoms with Gasteiger partial charge in [-0.2, -0.15) is 13.2 Å². The van der Waals surface area contributed by atoms with Gasteiger partial charge in [0, 0.05) is 18.2 Å². The summed E-state index contributed by atoms with van der Waals surface area (Å²) in [6.45, 7) is 4.70. The normalized spacial score (nSPS) is 12.8. The van der Waals surface area contributed by atoms with Crippen LogP contribution >= 0.6 is 7.60 Å². The molecule has 1 N–H and O–H groups in total. The minimum absolute atomic E-state index is 0.0477. The topological polar surface area (TPSA) is 143 Å². The molecule has 0 heterocycles. The van der Waals surface area contributed by atoms with Crippen LogP contribution in [0, 0.1) is 20.2 Å². The van der Waals surface area contributed by atoms with E-state index in [1.54, 1.807) is 13.8 Å². The Bertz CT molecular complexity index is 1100. The molecule has 2 aromatic rings. The maximum Gasteiger partial charge on any atom is 0.416 e. The summed E-state index contributed by atoms with van der Waals surface area (Å²) in [7, 11) is -3.72. The van der Waals surface area contributed by atoms with Crippen molar-refractivity contribution >= 4 is 24.7 Å². The predicted molar refractivity (Wildman–Crippen MR) is 115 cm³/mol. The highest BCUT2D eigenvalue weighted by atomic mass is 31.2. The molecule has 0 aliphatic heterocycles. The Kier molecular flexibility index (Phi) is 8.59. The van der Waals surface area contributed by atoms with Crippen molar-refractivity contribution in [3.05, 3.63) is 62.2 Å². The minimum Gasteiger partial charge on any atom is -0.450 e. The van der Waals surface area contributed by atoms with Crippen molar-refractivity contribution in [2.75, 3.05) is 18.5 Å². The Morgan fingerprint density at radius 3 is 2.09 bits per heavy atom. The molecule has 1 atom stereocenters. The third-order valence-corrected chi connectivity index (χ3v) is 6.65. The molecule has 0 saturated carbocycles. The van der Waals surface area contributed by atoms with Crippen molar-refractivity contribution < 1.29 is 41.4 Å². The molecule has 1 unspecified atom stereocenters. The van der Waals surface area contributed by atoms with Crippen molar-refractivity contribution in [1.82, 2.24) is 0 Å². The molecule has 0 amide bonds. The summed E-state index contributed by atoms with van der Waals surface area (Å²) in [6, 6.07) is 4.93. The monoisotopic (exact) mass is 507 g/mol. The fourth-order valence-corrected chi connectivity index (χ4v) is 4.37. The highest BCUT2D eigenvalue weighted by Gasteiger charge is 2.35. The van der Waals surface area contributed by atoms with Crippen LogP contribution in [0.25, 0.3) is 0 Å². The van der Waals surface area contributed by atoms with Gasteiger partial charge in [0.2, 0.25) is 5.75 Å². The van der Waals surface area contributed by atoms with Gasteiger partial charge >= 0.3 is 19.5 Å².